The maximum atomic E-state index is 5.58. The number of aryl methyl sites for hydroxylation is 2. The standard InChI is InChI=1S/C23H30N6O/c1-17-19(14-28(3)25-17)15-29-11-9-23(10-12-29)13-20(27(2)16-23)21-24-22(30-26-21)18-7-5-4-6-8-18/h4-8,14,20H,9-13,15-16H2,1-3H3. The van der Waals surface area contributed by atoms with E-state index in [4.69, 9.17) is 9.51 Å². The molecule has 0 N–H and O–H groups in total. The molecule has 2 aromatic heterocycles. The van der Waals surface area contributed by atoms with Gasteiger partial charge in [-0.2, -0.15) is 10.1 Å². The molecular formula is C23H30N6O. The molecule has 7 heteroatoms. The van der Waals surface area contributed by atoms with Crippen LogP contribution < -0.4 is 0 Å². The topological polar surface area (TPSA) is 63.2 Å². The van der Waals surface area contributed by atoms with Crippen molar-refractivity contribution in [3.05, 3.63) is 53.6 Å². The van der Waals surface area contributed by atoms with E-state index in [0.29, 0.717) is 11.3 Å². The number of likely N-dealkylation sites (tertiary alicyclic amines) is 2. The van der Waals surface area contributed by atoms with E-state index in [1.54, 1.807) is 0 Å². The van der Waals surface area contributed by atoms with Gasteiger partial charge in [-0.1, -0.05) is 23.4 Å². The molecule has 30 heavy (non-hydrogen) atoms. The molecule has 2 aliphatic heterocycles. The van der Waals surface area contributed by atoms with Gasteiger partial charge in [0, 0.05) is 37.5 Å². The number of hydrogen-bond acceptors (Lipinski definition) is 6. The van der Waals surface area contributed by atoms with Crippen LogP contribution in [0.4, 0.5) is 0 Å². The summed E-state index contributed by atoms with van der Waals surface area (Å²) in [5.74, 6) is 1.43. The molecule has 1 spiro atoms. The van der Waals surface area contributed by atoms with Gasteiger partial charge in [-0.25, -0.2) is 0 Å². The summed E-state index contributed by atoms with van der Waals surface area (Å²) in [4.78, 5) is 9.73. The van der Waals surface area contributed by atoms with Crippen molar-refractivity contribution in [2.24, 2.45) is 12.5 Å². The van der Waals surface area contributed by atoms with Crippen LogP contribution in [-0.4, -0.2) is 56.4 Å². The summed E-state index contributed by atoms with van der Waals surface area (Å²) in [6.07, 6.45) is 5.70. The van der Waals surface area contributed by atoms with E-state index in [1.165, 1.54) is 18.4 Å². The molecule has 1 aromatic carbocycles. The molecule has 7 nitrogen and oxygen atoms in total. The van der Waals surface area contributed by atoms with E-state index in [0.717, 1.165) is 49.7 Å². The molecule has 2 fully saturated rings. The van der Waals surface area contributed by atoms with Gasteiger partial charge in [0.25, 0.3) is 5.89 Å². The number of rotatable bonds is 4. The average molecular weight is 407 g/mol. The molecule has 0 amide bonds. The zero-order chi connectivity index (χ0) is 20.7. The Bertz CT molecular complexity index is 1000. The van der Waals surface area contributed by atoms with Crippen LogP contribution >= 0.6 is 0 Å². The Balaban J connectivity index is 1.24. The lowest BCUT2D eigenvalue weighted by Crippen LogP contribution is -2.40. The molecule has 3 aromatic rings. The van der Waals surface area contributed by atoms with Crippen molar-refractivity contribution in [3.8, 4) is 11.5 Å². The second-order valence-corrected chi connectivity index (χ2v) is 9.15. The first-order valence-electron chi connectivity index (χ1n) is 10.8. The molecule has 0 aliphatic carbocycles. The SMILES string of the molecule is Cc1nn(C)cc1CN1CCC2(CC1)CC(c1noc(-c3ccccc3)n1)N(C)C2. The van der Waals surface area contributed by atoms with Crippen LogP contribution in [0.25, 0.3) is 11.5 Å². The minimum atomic E-state index is 0.235. The second kappa shape index (κ2) is 7.63. The fourth-order valence-corrected chi connectivity index (χ4v) is 5.22. The molecule has 4 heterocycles. The van der Waals surface area contributed by atoms with E-state index in [1.807, 2.05) is 42.1 Å². The van der Waals surface area contributed by atoms with Crippen molar-refractivity contribution in [3.63, 3.8) is 0 Å². The largest absolute Gasteiger partial charge is 0.334 e. The molecule has 1 atom stereocenters. The Kier molecular flexibility index (Phi) is 4.95. The highest BCUT2D eigenvalue weighted by molar-refractivity contribution is 5.52. The van der Waals surface area contributed by atoms with Gasteiger partial charge in [-0.15, -0.1) is 0 Å². The van der Waals surface area contributed by atoms with Crippen molar-refractivity contribution in [1.82, 2.24) is 29.7 Å². The first-order chi connectivity index (χ1) is 14.5. The van der Waals surface area contributed by atoms with Crippen molar-refractivity contribution in [2.45, 2.75) is 38.8 Å². The van der Waals surface area contributed by atoms with Crippen molar-refractivity contribution >= 4 is 0 Å². The zero-order valence-electron chi connectivity index (χ0n) is 18.1. The number of piperidine rings is 1. The summed E-state index contributed by atoms with van der Waals surface area (Å²) in [5, 5.41) is 8.82. The van der Waals surface area contributed by atoms with Crippen LogP contribution in [0.3, 0.4) is 0 Å². The molecule has 0 saturated carbocycles. The molecule has 2 aliphatic rings. The van der Waals surface area contributed by atoms with Crippen LogP contribution in [0.15, 0.2) is 41.1 Å². The van der Waals surface area contributed by atoms with Crippen molar-refractivity contribution in [1.29, 1.82) is 0 Å². The Morgan fingerprint density at radius 3 is 2.60 bits per heavy atom. The summed E-state index contributed by atoms with van der Waals surface area (Å²) in [6.45, 7) is 6.48. The normalized spacial score (nSPS) is 22.2. The van der Waals surface area contributed by atoms with Gasteiger partial charge < -0.3 is 4.52 Å². The highest BCUT2D eigenvalue weighted by Crippen LogP contribution is 2.48. The maximum Gasteiger partial charge on any atom is 0.257 e. The third-order valence-corrected chi connectivity index (χ3v) is 6.93. The lowest BCUT2D eigenvalue weighted by molar-refractivity contribution is 0.105. The van der Waals surface area contributed by atoms with Gasteiger partial charge in [0.2, 0.25) is 0 Å². The molecule has 2 saturated heterocycles. The van der Waals surface area contributed by atoms with Gasteiger partial charge in [0.05, 0.1) is 11.7 Å². The Labute approximate surface area is 177 Å². The predicted octanol–water partition coefficient (Wildman–Crippen LogP) is 3.44. The molecule has 158 valence electrons. The number of hydrogen-bond donors (Lipinski definition) is 0. The summed E-state index contributed by atoms with van der Waals surface area (Å²) >= 11 is 0. The minimum absolute atomic E-state index is 0.235. The minimum Gasteiger partial charge on any atom is -0.334 e. The fourth-order valence-electron chi connectivity index (χ4n) is 5.22. The summed E-state index contributed by atoms with van der Waals surface area (Å²) in [5.41, 5.74) is 3.82. The molecule has 5 rings (SSSR count). The lowest BCUT2D eigenvalue weighted by Gasteiger charge is -2.39. The van der Waals surface area contributed by atoms with E-state index >= 15 is 0 Å². The van der Waals surface area contributed by atoms with Crippen molar-refractivity contribution in [2.75, 3.05) is 26.7 Å². The smallest absolute Gasteiger partial charge is 0.257 e. The van der Waals surface area contributed by atoms with Crippen molar-refractivity contribution < 1.29 is 4.52 Å². The summed E-state index contributed by atoms with van der Waals surface area (Å²) in [7, 11) is 4.20. The van der Waals surface area contributed by atoms with E-state index < -0.39 is 0 Å². The lowest BCUT2D eigenvalue weighted by atomic mass is 9.76. The average Bonchev–Trinajstić information content (AvgIpc) is 3.43. The van der Waals surface area contributed by atoms with Gasteiger partial charge in [0.1, 0.15) is 0 Å². The van der Waals surface area contributed by atoms with Crippen LogP contribution in [0.2, 0.25) is 0 Å². The van der Waals surface area contributed by atoms with Crippen LogP contribution in [-0.2, 0) is 13.6 Å². The number of nitrogens with zero attached hydrogens (tertiary/aromatic N) is 6. The van der Waals surface area contributed by atoms with Crippen LogP contribution in [0.1, 0.15) is 42.4 Å². The van der Waals surface area contributed by atoms with Gasteiger partial charge in [-0.3, -0.25) is 14.5 Å². The van der Waals surface area contributed by atoms with E-state index in [9.17, 15) is 0 Å². The summed E-state index contributed by atoms with van der Waals surface area (Å²) in [6, 6.07) is 10.2. The first kappa shape index (κ1) is 19.5. The first-order valence-corrected chi connectivity index (χ1v) is 10.8. The molecule has 1 unspecified atom stereocenters. The Morgan fingerprint density at radius 1 is 1.13 bits per heavy atom. The zero-order valence-corrected chi connectivity index (χ0v) is 18.1. The third kappa shape index (κ3) is 3.68. The third-order valence-electron chi connectivity index (χ3n) is 6.93. The monoisotopic (exact) mass is 406 g/mol. The summed E-state index contributed by atoms with van der Waals surface area (Å²) < 4.78 is 7.50. The number of aromatic nitrogens is 4. The fraction of sp³-hybridized carbons (Fsp3) is 0.522. The van der Waals surface area contributed by atoms with Gasteiger partial charge in [0.15, 0.2) is 5.82 Å². The predicted molar refractivity (Wildman–Crippen MR) is 115 cm³/mol. The van der Waals surface area contributed by atoms with E-state index in [-0.39, 0.29) is 6.04 Å². The highest BCUT2D eigenvalue weighted by atomic mass is 16.5. The van der Waals surface area contributed by atoms with Gasteiger partial charge in [-0.05, 0) is 63.9 Å². The highest BCUT2D eigenvalue weighted by Gasteiger charge is 2.46. The second-order valence-electron chi connectivity index (χ2n) is 9.15. The molecule has 0 radical (unpaired) electrons. The van der Waals surface area contributed by atoms with Gasteiger partial charge >= 0.3 is 0 Å². The quantitative estimate of drug-likeness (QED) is 0.661. The Hall–Kier alpha value is -2.51. The van der Waals surface area contributed by atoms with E-state index in [2.05, 4.69) is 40.2 Å². The molecule has 0 bridgehead atoms. The molecular weight excluding hydrogens is 376 g/mol. The van der Waals surface area contributed by atoms with Crippen LogP contribution in [0, 0.1) is 12.3 Å². The Morgan fingerprint density at radius 2 is 1.90 bits per heavy atom. The number of benzene rings is 1. The van der Waals surface area contributed by atoms with Crippen LogP contribution in [0.5, 0.6) is 0 Å². The maximum absolute atomic E-state index is 5.58.